The highest BCUT2D eigenvalue weighted by Gasteiger charge is 2.29. The SMILES string of the molecule is C=C(CO)C(=O)OCCC(COC)C1CCC(c2ccc(-c3ccc(-c4ccc(CC)cc4)c(F)c3)c(F)c2)CC1. The second-order valence-corrected chi connectivity index (χ2v) is 11.0. The van der Waals surface area contributed by atoms with Crippen LogP contribution in [0.25, 0.3) is 22.3 Å². The van der Waals surface area contributed by atoms with Gasteiger partial charge in [-0.2, -0.15) is 0 Å². The monoisotopic (exact) mass is 562 g/mol. The number of hydrogen-bond acceptors (Lipinski definition) is 4. The maximum atomic E-state index is 15.3. The number of esters is 1. The summed E-state index contributed by atoms with van der Waals surface area (Å²) in [4.78, 5) is 11.8. The van der Waals surface area contributed by atoms with Gasteiger partial charge in [0.15, 0.2) is 0 Å². The molecule has 1 saturated carbocycles. The largest absolute Gasteiger partial charge is 0.462 e. The Balaban J connectivity index is 1.37. The van der Waals surface area contributed by atoms with Crippen molar-refractivity contribution < 1.29 is 28.2 Å². The fraction of sp³-hybridized carbons (Fsp3) is 0.400. The molecule has 1 aliphatic carbocycles. The lowest BCUT2D eigenvalue weighted by molar-refractivity contribution is -0.140. The molecular formula is C35H40F2O4. The minimum Gasteiger partial charge on any atom is -0.462 e. The summed E-state index contributed by atoms with van der Waals surface area (Å²) in [5, 5.41) is 9.03. The highest BCUT2D eigenvalue weighted by atomic mass is 19.1. The van der Waals surface area contributed by atoms with E-state index < -0.39 is 12.6 Å². The number of carbonyl (C=O) groups excluding carboxylic acids is 1. The van der Waals surface area contributed by atoms with Gasteiger partial charge in [0.2, 0.25) is 0 Å². The maximum absolute atomic E-state index is 15.3. The Morgan fingerprint density at radius 1 is 0.951 bits per heavy atom. The predicted octanol–water partition coefficient (Wildman–Crippen LogP) is 7.88. The number of benzene rings is 3. The first-order valence-electron chi connectivity index (χ1n) is 14.5. The Labute approximate surface area is 242 Å². The number of carbonyl (C=O) groups is 1. The van der Waals surface area contributed by atoms with Gasteiger partial charge in [0.1, 0.15) is 11.6 Å². The minimum atomic E-state index is -0.571. The lowest BCUT2D eigenvalue weighted by Crippen LogP contribution is -2.26. The molecule has 3 aromatic carbocycles. The van der Waals surface area contributed by atoms with Gasteiger partial charge in [0.05, 0.1) is 18.8 Å². The van der Waals surface area contributed by atoms with Gasteiger partial charge < -0.3 is 14.6 Å². The van der Waals surface area contributed by atoms with Crippen LogP contribution in [0.3, 0.4) is 0 Å². The Morgan fingerprint density at radius 3 is 2.20 bits per heavy atom. The molecule has 1 atom stereocenters. The molecule has 0 aromatic heterocycles. The van der Waals surface area contributed by atoms with Gasteiger partial charge in [-0.25, -0.2) is 13.6 Å². The summed E-state index contributed by atoms with van der Waals surface area (Å²) in [5.74, 6) is -0.348. The fourth-order valence-electron chi connectivity index (χ4n) is 5.92. The van der Waals surface area contributed by atoms with Gasteiger partial charge >= 0.3 is 5.97 Å². The molecule has 0 aliphatic heterocycles. The van der Waals surface area contributed by atoms with Gasteiger partial charge in [-0.15, -0.1) is 0 Å². The number of methoxy groups -OCH3 is 1. The first-order chi connectivity index (χ1) is 19.8. The molecule has 0 saturated heterocycles. The highest BCUT2D eigenvalue weighted by Crippen LogP contribution is 2.41. The van der Waals surface area contributed by atoms with E-state index in [4.69, 9.17) is 14.6 Å². The molecular weight excluding hydrogens is 522 g/mol. The quantitative estimate of drug-likeness (QED) is 0.180. The maximum Gasteiger partial charge on any atom is 0.335 e. The third-order valence-electron chi connectivity index (χ3n) is 8.44. The van der Waals surface area contributed by atoms with Gasteiger partial charge in [0, 0.05) is 24.8 Å². The van der Waals surface area contributed by atoms with E-state index in [1.807, 2.05) is 30.3 Å². The zero-order valence-corrected chi connectivity index (χ0v) is 24.0. The van der Waals surface area contributed by atoms with Crippen molar-refractivity contribution in [3.05, 3.63) is 95.6 Å². The molecule has 4 rings (SSSR count). The van der Waals surface area contributed by atoms with E-state index in [-0.39, 0.29) is 35.7 Å². The van der Waals surface area contributed by atoms with Crippen LogP contribution in [0.2, 0.25) is 0 Å². The number of halogens is 2. The first kappa shape index (κ1) is 30.6. The van der Waals surface area contributed by atoms with E-state index in [0.29, 0.717) is 35.6 Å². The molecule has 3 aromatic rings. The number of aliphatic hydroxyl groups is 1. The zero-order chi connectivity index (χ0) is 29.4. The summed E-state index contributed by atoms with van der Waals surface area (Å²) >= 11 is 0. The van der Waals surface area contributed by atoms with Gasteiger partial charge in [-0.05, 0) is 90.7 Å². The molecule has 6 heteroatoms. The summed E-state index contributed by atoms with van der Waals surface area (Å²) in [6, 6.07) is 18.1. The van der Waals surface area contributed by atoms with Gasteiger partial charge in [0.25, 0.3) is 0 Å². The smallest absolute Gasteiger partial charge is 0.335 e. The molecule has 1 fully saturated rings. The van der Waals surface area contributed by atoms with Crippen molar-refractivity contribution in [1.29, 1.82) is 0 Å². The van der Waals surface area contributed by atoms with E-state index >= 15 is 8.78 Å². The first-order valence-corrected chi connectivity index (χ1v) is 14.5. The van der Waals surface area contributed by atoms with Crippen molar-refractivity contribution in [3.8, 4) is 22.3 Å². The van der Waals surface area contributed by atoms with Crippen LogP contribution in [0, 0.1) is 23.5 Å². The van der Waals surface area contributed by atoms with Crippen LogP contribution in [0.15, 0.2) is 72.8 Å². The molecule has 218 valence electrons. The van der Waals surface area contributed by atoms with E-state index in [1.54, 1.807) is 31.4 Å². The summed E-state index contributed by atoms with van der Waals surface area (Å²) in [5.41, 5.74) is 4.44. The number of aryl methyl sites for hydroxylation is 1. The van der Waals surface area contributed by atoms with Crippen LogP contribution < -0.4 is 0 Å². The fourth-order valence-corrected chi connectivity index (χ4v) is 5.92. The normalized spacial score (nSPS) is 17.7. The Hall–Kier alpha value is -3.35. The molecule has 1 unspecified atom stereocenters. The second-order valence-electron chi connectivity index (χ2n) is 11.0. The van der Waals surface area contributed by atoms with E-state index in [9.17, 15) is 4.79 Å². The standard InChI is InChI=1S/C35H40F2O4/c1-4-24-5-7-27(8-6-24)31-16-14-29(20-34(31)37)32-15-13-28(19-33(32)36)25-9-11-26(12-10-25)30(22-40-3)17-18-41-35(39)23(2)21-38/h5-8,13-16,19-20,25-26,30,38H,2,4,9-12,17-18,21-22H2,1,3H3. The third kappa shape index (κ3) is 7.69. The Morgan fingerprint density at radius 2 is 1.59 bits per heavy atom. The summed E-state index contributed by atoms with van der Waals surface area (Å²) in [6.45, 7) is 6.00. The van der Waals surface area contributed by atoms with Crippen molar-refractivity contribution in [1.82, 2.24) is 0 Å². The Bertz CT molecular complexity index is 1330. The highest BCUT2D eigenvalue weighted by molar-refractivity contribution is 5.87. The lowest BCUT2D eigenvalue weighted by Gasteiger charge is -2.34. The van der Waals surface area contributed by atoms with E-state index in [1.165, 1.54) is 11.6 Å². The average molecular weight is 563 g/mol. The number of aliphatic hydroxyl groups excluding tert-OH is 1. The molecule has 1 N–H and O–H groups in total. The minimum absolute atomic E-state index is 0.0480. The number of hydrogen-bond donors (Lipinski definition) is 1. The molecule has 41 heavy (non-hydrogen) atoms. The molecule has 0 bridgehead atoms. The van der Waals surface area contributed by atoms with Crippen LogP contribution in [0.5, 0.6) is 0 Å². The van der Waals surface area contributed by atoms with Gasteiger partial charge in [-0.1, -0.05) is 62.0 Å². The average Bonchev–Trinajstić information content (AvgIpc) is 3.00. The molecule has 0 heterocycles. The van der Waals surface area contributed by atoms with Crippen molar-refractivity contribution in [2.75, 3.05) is 26.9 Å². The molecule has 1 aliphatic rings. The van der Waals surface area contributed by atoms with Crippen molar-refractivity contribution in [2.24, 2.45) is 11.8 Å². The van der Waals surface area contributed by atoms with Crippen LogP contribution in [-0.4, -0.2) is 38.0 Å². The van der Waals surface area contributed by atoms with Crippen LogP contribution >= 0.6 is 0 Å². The number of ether oxygens (including phenoxy) is 2. The van der Waals surface area contributed by atoms with Crippen molar-refractivity contribution >= 4 is 5.97 Å². The Kier molecular flexibility index (Phi) is 10.8. The van der Waals surface area contributed by atoms with Crippen LogP contribution in [0.4, 0.5) is 8.78 Å². The van der Waals surface area contributed by atoms with Gasteiger partial charge in [-0.3, -0.25) is 0 Å². The molecule has 4 nitrogen and oxygen atoms in total. The summed E-state index contributed by atoms with van der Waals surface area (Å²) < 4.78 is 41.1. The summed E-state index contributed by atoms with van der Waals surface area (Å²) in [7, 11) is 1.67. The third-order valence-corrected chi connectivity index (χ3v) is 8.44. The number of rotatable bonds is 12. The lowest BCUT2D eigenvalue weighted by atomic mass is 9.73. The molecule has 0 spiro atoms. The van der Waals surface area contributed by atoms with Crippen molar-refractivity contribution in [3.63, 3.8) is 0 Å². The zero-order valence-electron chi connectivity index (χ0n) is 24.0. The summed E-state index contributed by atoms with van der Waals surface area (Å²) in [6.07, 6.45) is 5.43. The van der Waals surface area contributed by atoms with Crippen LogP contribution in [-0.2, 0) is 20.7 Å². The van der Waals surface area contributed by atoms with Crippen LogP contribution in [0.1, 0.15) is 56.1 Å². The van der Waals surface area contributed by atoms with E-state index in [2.05, 4.69) is 13.5 Å². The molecule has 0 radical (unpaired) electrons. The topological polar surface area (TPSA) is 55.8 Å². The predicted molar refractivity (Wildman–Crippen MR) is 158 cm³/mol. The second kappa shape index (κ2) is 14.5. The van der Waals surface area contributed by atoms with E-state index in [0.717, 1.165) is 43.2 Å². The molecule has 0 amide bonds. The van der Waals surface area contributed by atoms with Crippen molar-refractivity contribution in [2.45, 2.75) is 51.4 Å².